The summed E-state index contributed by atoms with van der Waals surface area (Å²) in [5.41, 5.74) is -0.0597. The molecule has 0 unspecified atom stereocenters. The van der Waals surface area contributed by atoms with Gasteiger partial charge in [-0.15, -0.1) is 5.10 Å². The summed E-state index contributed by atoms with van der Waals surface area (Å²) in [6, 6.07) is 3.83. The number of sulfone groups is 1. The second kappa shape index (κ2) is 7.24. The van der Waals surface area contributed by atoms with Gasteiger partial charge in [0.1, 0.15) is 0 Å². The first-order chi connectivity index (χ1) is 11.2. The molecule has 1 heterocycles. The van der Waals surface area contributed by atoms with Gasteiger partial charge in [0, 0.05) is 23.4 Å². The molecule has 24 heavy (non-hydrogen) atoms. The maximum Gasteiger partial charge on any atom is 0.362 e. The van der Waals surface area contributed by atoms with Gasteiger partial charge in [0.2, 0.25) is 5.69 Å². The van der Waals surface area contributed by atoms with Crippen molar-refractivity contribution in [2.24, 2.45) is 0 Å². The lowest BCUT2D eigenvalue weighted by Crippen LogP contribution is -2.15. The first-order valence-corrected chi connectivity index (χ1v) is 9.58. The van der Waals surface area contributed by atoms with Crippen molar-refractivity contribution in [1.29, 1.82) is 0 Å². The molecular formula is C13H12ClN3O5S2. The standard InChI is InChI=1S/C13H12ClN3O5S2/c1-3-22-13(19)10-12(23-17-16-10)15-11(18)7-4-5-8(14)9(6-7)24(2,20)21/h4-6H,3H2,1-2H3,(H,15,18). The number of rotatable bonds is 5. The first-order valence-electron chi connectivity index (χ1n) is 6.54. The van der Waals surface area contributed by atoms with Gasteiger partial charge < -0.3 is 10.1 Å². The summed E-state index contributed by atoms with van der Waals surface area (Å²) in [5.74, 6) is -1.34. The summed E-state index contributed by atoms with van der Waals surface area (Å²) in [6.07, 6.45) is 0.988. The van der Waals surface area contributed by atoms with Crippen molar-refractivity contribution >= 4 is 49.8 Å². The molecule has 11 heteroatoms. The SMILES string of the molecule is CCOC(=O)c1nnsc1NC(=O)c1ccc(Cl)c(S(C)(=O)=O)c1. The van der Waals surface area contributed by atoms with Gasteiger partial charge in [-0.2, -0.15) is 0 Å². The van der Waals surface area contributed by atoms with Crippen molar-refractivity contribution in [3.8, 4) is 0 Å². The Morgan fingerprint density at radius 3 is 2.71 bits per heavy atom. The molecule has 0 aliphatic carbocycles. The Kier molecular flexibility index (Phi) is 5.52. The fourth-order valence-corrected chi connectivity index (χ4v) is 3.56. The van der Waals surface area contributed by atoms with Crippen LogP contribution in [0.4, 0.5) is 5.00 Å². The van der Waals surface area contributed by atoms with Gasteiger partial charge in [-0.3, -0.25) is 4.79 Å². The molecule has 0 atom stereocenters. The number of amides is 1. The summed E-state index contributed by atoms with van der Waals surface area (Å²) in [6.45, 7) is 1.79. The van der Waals surface area contributed by atoms with Gasteiger partial charge >= 0.3 is 5.97 Å². The number of benzene rings is 1. The fraction of sp³-hybridized carbons (Fsp3) is 0.231. The highest BCUT2D eigenvalue weighted by atomic mass is 35.5. The van der Waals surface area contributed by atoms with E-state index in [1.807, 2.05) is 0 Å². The molecule has 0 saturated heterocycles. The number of halogens is 1. The van der Waals surface area contributed by atoms with Crippen molar-refractivity contribution < 1.29 is 22.7 Å². The van der Waals surface area contributed by atoms with E-state index in [1.54, 1.807) is 6.92 Å². The fourth-order valence-electron chi connectivity index (χ4n) is 1.71. The van der Waals surface area contributed by atoms with Crippen molar-refractivity contribution in [3.05, 3.63) is 34.5 Å². The highest BCUT2D eigenvalue weighted by molar-refractivity contribution is 7.90. The third-order valence-corrected chi connectivity index (χ3v) is 5.00. The summed E-state index contributed by atoms with van der Waals surface area (Å²) in [5, 5.41) is 6.20. The zero-order valence-corrected chi connectivity index (χ0v) is 15.0. The lowest BCUT2D eigenvalue weighted by Gasteiger charge is -2.07. The number of carbonyl (C=O) groups excluding carboxylic acids is 2. The normalized spacial score (nSPS) is 11.1. The number of aromatic nitrogens is 2. The highest BCUT2D eigenvalue weighted by Crippen LogP contribution is 2.24. The molecule has 8 nitrogen and oxygen atoms in total. The van der Waals surface area contributed by atoms with E-state index in [1.165, 1.54) is 12.1 Å². The number of nitrogens with one attached hydrogen (secondary N) is 1. The molecule has 1 aromatic heterocycles. The molecule has 0 aliphatic heterocycles. The van der Waals surface area contributed by atoms with Gasteiger partial charge in [0.25, 0.3) is 5.91 Å². The van der Waals surface area contributed by atoms with Crippen LogP contribution in [0.15, 0.2) is 23.1 Å². The average Bonchev–Trinajstić information content (AvgIpc) is 2.94. The van der Waals surface area contributed by atoms with Crippen LogP contribution >= 0.6 is 23.1 Å². The van der Waals surface area contributed by atoms with Gasteiger partial charge in [0.15, 0.2) is 14.8 Å². The van der Waals surface area contributed by atoms with E-state index >= 15 is 0 Å². The average molecular weight is 390 g/mol. The molecule has 2 aromatic rings. The minimum Gasteiger partial charge on any atom is -0.461 e. The van der Waals surface area contributed by atoms with Gasteiger partial charge in [-0.25, -0.2) is 13.2 Å². The second-order valence-electron chi connectivity index (χ2n) is 4.54. The first kappa shape index (κ1) is 18.3. The Bertz CT molecular complexity index is 895. The van der Waals surface area contributed by atoms with E-state index in [9.17, 15) is 18.0 Å². The lowest BCUT2D eigenvalue weighted by molar-refractivity contribution is 0.0520. The van der Waals surface area contributed by atoms with Crippen LogP contribution in [0.25, 0.3) is 0 Å². The second-order valence-corrected chi connectivity index (χ2v) is 7.69. The number of hydrogen-bond donors (Lipinski definition) is 1. The zero-order valence-electron chi connectivity index (χ0n) is 12.6. The number of nitrogens with zero attached hydrogens (tertiary/aromatic N) is 2. The summed E-state index contributed by atoms with van der Waals surface area (Å²) in [7, 11) is -3.59. The molecule has 0 aliphatic rings. The predicted molar refractivity (Wildman–Crippen MR) is 88.4 cm³/mol. The van der Waals surface area contributed by atoms with Crippen LogP contribution in [0, 0.1) is 0 Å². The third-order valence-electron chi connectivity index (χ3n) is 2.78. The van der Waals surface area contributed by atoms with Gasteiger partial charge in [0.05, 0.1) is 16.5 Å². The molecule has 128 valence electrons. The zero-order chi connectivity index (χ0) is 17.9. The Labute approximate surface area is 146 Å². The molecule has 1 N–H and O–H groups in total. The van der Waals surface area contributed by atoms with E-state index < -0.39 is 21.7 Å². The van der Waals surface area contributed by atoms with E-state index in [4.69, 9.17) is 16.3 Å². The molecule has 1 amide bonds. The van der Waals surface area contributed by atoms with Crippen molar-refractivity contribution in [2.75, 3.05) is 18.2 Å². The number of ether oxygens (including phenoxy) is 1. The van der Waals surface area contributed by atoms with Crippen LogP contribution in [0.5, 0.6) is 0 Å². The van der Waals surface area contributed by atoms with Crippen LogP contribution in [-0.4, -0.2) is 42.7 Å². The maximum absolute atomic E-state index is 12.3. The topological polar surface area (TPSA) is 115 Å². The molecular weight excluding hydrogens is 378 g/mol. The van der Waals surface area contributed by atoms with E-state index in [2.05, 4.69) is 14.9 Å². The molecule has 0 radical (unpaired) electrons. The Morgan fingerprint density at radius 1 is 1.38 bits per heavy atom. The predicted octanol–water partition coefficient (Wildman–Crippen LogP) is 2.02. The third kappa shape index (κ3) is 4.08. The van der Waals surface area contributed by atoms with Crippen LogP contribution in [-0.2, 0) is 14.6 Å². The largest absolute Gasteiger partial charge is 0.461 e. The molecule has 2 rings (SSSR count). The number of esters is 1. The number of anilines is 1. The van der Waals surface area contributed by atoms with Crippen LogP contribution < -0.4 is 5.32 Å². The lowest BCUT2D eigenvalue weighted by atomic mass is 10.2. The Balaban J connectivity index is 2.29. The van der Waals surface area contributed by atoms with E-state index in [0.29, 0.717) is 0 Å². The molecule has 0 saturated carbocycles. The Hall–Kier alpha value is -2.04. The number of hydrogen-bond acceptors (Lipinski definition) is 8. The smallest absolute Gasteiger partial charge is 0.362 e. The summed E-state index contributed by atoms with van der Waals surface area (Å²) >= 11 is 6.64. The van der Waals surface area contributed by atoms with Crippen LogP contribution in [0.2, 0.25) is 5.02 Å². The minimum atomic E-state index is -3.59. The van der Waals surface area contributed by atoms with Gasteiger partial charge in [-0.1, -0.05) is 16.1 Å². The van der Waals surface area contributed by atoms with Crippen molar-refractivity contribution in [2.45, 2.75) is 11.8 Å². The van der Waals surface area contributed by atoms with Crippen LogP contribution in [0.1, 0.15) is 27.8 Å². The van der Waals surface area contributed by atoms with Gasteiger partial charge in [-0.05, 0) is 25.1 Å². The molecule has 0 bridgehead atoms. The monoisotopic (exact) mass is 389 g/mol. The number of carbonyl (C=O) groups is 2. The van der Waals surface area contributed by atoms with Crippen molar-refractivity contribution in [3.63, 3.8) is 0 Å². The summed E-state index contributed by atoms with van der Waals surface area (Å²) in [4.78, 5) is 23.8. The summed E-state index contributed by atoms with van der Waals surface area (Å²) < 4.78 is 31.7. The minimum absolute atomic E-state index is 0.0146. The van der Waals surface area contributed by atoms with Crippen LogP contribution in [0.3, 0.4) is 0 Å². The van der Waals surface area contributed by atoms with E-state index in [-0.39, 0.29) is 32.8 Å². The molecule has 0 fully saturated rings. The van der Waals surface area contributed by atoms with E-state index in [0.717, 1.165) is 23.9 Å². The maximum atomic E-state index is 12.3. The van der Waals surface area contributed by atoms with Crippen molar-refractivity contribution in [1.82, 2.24) is 9.59 Å². The highest BCUT2D eigenvalue weighted by Gasteiger charge is 2.21. The quantitative estimate of drug-likeness (QED) is 0.777. The molecule has 0 spiro atoms. The Morgan fingerprint density at radius 2 is 2.08 bits per heavy atom. The molecule has 1 aromatic carbocycles.